The maximum atomic E-state index is 5.58. The smallest absolute Gasteiger partial charge is 0.226 e. The van der Waals surface area contributed by atoms with Gasteiger partial charge in [0.05, 0.1) is 6.10 Å². The van der Waals surface area contributed by atoms with Crippen LogP contribution in [0.3, 0.4) is 0 Å². The van der Waals surface area contributed by atoms with Gasteiger partial charge in [0.25, 0.3) is 0 Å². The molecule has 0 spiro atoms. The summed E-state index contributed by atoms with van der Waals surface area (Å²) in [6.07, 6.45) is 2.98. The number of rotatable bonds is 5. The number of nitrogens with one attached hydrogen (secondary N) is 1. The van der Waals surface area contributed by atoms with E-state index in [1.165, 1.54) is 5.56 Å². The van der Waals surface area contributed by atoms with E-state index < -0.39 is 0 Å². The summed E-state index contributed by atoms with van der Waals surface area (Å²) >= 11 is 0. The number of anilines is 1. The Morgan fingerprint density at radius 3 is 2.75 bits per heavy atom. The Morgan fingerprint density at radius 1 is 1.20 bits per heavy atom. The number of hydrogen-bond acceptors (Lipinski definition) is 4. The third kappa shape index (κ3) is 3.07. The fourth-order valence-corrected chi connectivity index (χ4v) is 2.31. The summed E-state index contributed by atoms with van der Waals surface area (Å²) in [5, 5.41) is 3.38. The zero-order valence-corrected chi connectivity index (χ0v) is 11.8. The molecule has 20 heavy (non-hydrogen) atoms. The standard InChI is InChI=1S/C16H19N3O/c1-11(2)20-15-8-9-17-16(19-15)18-14-10-13(14)12-6-4-3-5-7-12/h3-9,11,13-14H,10H2,1-2H3,(H,17,18,19). The molecule has 0 saturated heterocycles. The van der Waals surface area contributed by atoms with Crippen molar-refractivity contribution in [1.29, 1.82) is 0 Å². The summed E-state index contributed by atoms with van der Waals surface area (Å²) < 4.78 is 5.58. The number of aromatic nitrogens is 2. The Balaban J connectivity index is 1.62. The fourth-order valence-electron chi connectivity index (χ4n) is 2.31. The largest absolute Gasteiger partial charge is 0.475 e. The van der Waals surface area contributed by atoms with E-state index in [0.29, 0.717) is 23.8 Å². The molecule has 3 rings (SSSR count). The van der Waals surface area contributed by atoms with E-state index in [9.17, 15) is 0 Å². The van der Waals surface area contributed by atoms with E-state index in [-0.39, 0.29) is 6.10 Å². The molecule has 2 unspecified atom stereocenters. The summed E-state index contributed by atoms with van der Waals surface area (Å²) in [5.74, 6) is 1.83. The van der Waals surface area contributed by atoms with Crippen molar-refractivity contribution < 1.29 is 4.74 Å². The fraction of sp³-hybridized carbons (Fsp3) is 0.375. The van der Waals surface area contributed by atoms with Crippen molar-refractivity contribution in [3.05, 3.63) is 48.2 Å². The molecular formula is C16H19N3O. The SMILES string of the molecule is CC(C)Oc1ccnc(NC2CC2c2ccccc2)n1. The number of nitrogens with zero attached hydrogens (tertiary/aromatic N) is 2. The van der Waals surface area contributed by atoms with E-state index in [0.717, 1.165) is 6.42 Å². The Labute approximate surface area is 119 Å². The quantitative estimate of drug-likeness (QED) is 0.905. The second-order valence-electron chi connectivity index (χ2n) is 5.39. The molecule has 1 saturated carbocycles. The molecule has 2 aromatic rings. The van der Waals surface area contributed by atoms with Crippen LogP contribution in [0, 0.1) is 0 Å². The van der Waals surface area contributed by atoms with E-state index in [1.54, 1.807) is 12.3 Å². The van der Waals surface area contributed by atoms with Gasteiger partial charge in [-0.2, -0.15) is 4.98 Å². The second kappa shape index (κ2) is 5.49. The highest BCUT2D eigenvalue weighted by Gasteiger charge is 2.38. The lowest BCUT2D eigenvalue weighted by atomic mass is 10.1. The molecule has 1 N–H and O–H groups in total. The first-order valence-corrected chi connectivity index (χ1v) is 7.03. The van der Waals surface area contributed by atoms with Gasteiger partial charge in [-0.05, 0) is 25.8 Å². The monoisotopic (exact) mass is 269 g/mol. The molecule has 1 aromatic heterocycles. The van der Waals surface area contributed by atoms with E-state index in [4.69, 9.17) is 4.74 Å². The molecule has 2 atom stereocenters. The van der Waals surface area contributed by atoms with Crippen LogP contribution in [0.4, 0.5) is 5.95 Å². The predicted octanol–water partition coefficient (Wildman–Crippen LogP) is 3.23. The lowest BCUT2D eigenvalue weighted by Gasteiger charge is -2.10. The first-order valence-electron chi connectivity index (χ1n) is 7.03. The van der Waals surface area contributed by atoms with Crippen LogP contribution >= 0.6 is 0 Å². The second-order valence-corrected chi connectivity index (χ2v) is 5.39. The Bertz CT molecular complexity index is 571. The van der Waals surface area contributed by atoms with Gasteiger partial charge in [0.2, 0.25) is 11.8 Å². The van der Waals surface area contributed by atoms with Crippen molar-refractivity contribution in [3.63, 3.8) is 0 Å². The minimum atomic E-state index is 0.121. The summed E-state index contributed by atoms with van der Waals surface area (Å²) in [5.41, 5.74) is 1.37. The topological polar surface area (TPSA) is 47.0 Å². The average Bonchev–Trinajstić information content (AvgIpc) is 3.19. The molecule has 4 nitrogen and oxygen atoms in total. The van der Waals surface area contributed by atoms with Gasteiger partial charge in [0.1, 0.15) is 0 Å². The first kappa shape index (κ1) is 12.9. The summed E-state index contributed by atoms with van der Waals surface area (Å²) in [6, 6.07) is 12.8. The summed E-state index contributed by atoms with van der Waals surface area (Å²) in [4.78, 5) is 8.63. The molecule has 1 aliphatic rings. The zero-order chi connectivity index (χ0) is 13.9. The molecule has 1 fully saturated rings. The lowest BCUT2D eigenvalue weighted by Crippen LogP contribution is -2.11. The predicted molar refractivity (Wildman–Crippen MR) is 79.0 cm³/mol. The van der Waals surface area contributed by atoms with Gasteiger partial charge in [-0.1, -0.05) is 30.3 Å². The van der Waals surface area contributed by atoms with Gasteiger partial charge in [0.15, 0.2) is 0 Å². The number of benzene rings is 1. The van der Waals surface area contributed by atoms with Crippen LogP contribution < -0.4 is 10.1 Å². The van der Waals surface area contributed by atoms with Crippen LogP contribution in [0.15, 0.2) is 42.6 Å². The number of hydrogen-bond donors (Lipinski definition) is 1. The summed E-state index contributed by atoms with van der Waals surface area (Å²) in [6.45, 7) is 3.98. The third-order valence-corrected chi connectivity index (χ3v) is 3.32. The Hall–Kier alpha value is -2.10. The van der Waals surface area contributed by atoms with E-state index in [2.05, 4.69) is 39.6 Å². The minimum absolute atomic E-state index is 0.121. The molecular weight excluding hydrogens is 250 g/mol. The van der Waals surface area contributed by atoms with Gasteiger partial charge in [-0.3, -0.25) is 0 Å². The minimum Gasteiger partial charge on any atom is -0.475 e. The van der Waals surface area contributed by atoms with Crippen molar-refractivity contribution in [1.82, 2.24) is 9.97 Å². The number of ether oxygens (including phenoxy) is 1. The maximum absolute atomic E-state index is 5.58. The van der Waals surface area contributed by atoms with Crippen molar-refractivity contribution in [2.45, 2.75) is 38.3 Å². The zero-order valence-electron chi connectivity index (χ0n) is 11.8. The van der Waals surface area contributed by atoms with Crippen molar-refractivity contribution >= 4 is 5.95 Å². The van der Waals surface area contributed by atoms with Crippen molar-refractivity contribution in [2.75, 3.05) is 5.32 Å². The highest BCUT2D eigenvalue weighted by molar-refractivity contribution is 5.37. The third-order valence-electron chi connectivity index (χ3n) is 3.32. The molecule has 1 heterocycles. The van der Waals surface area contributed by atoms with E-state index >= 15 is 0 Å². The highest BCUT2D eigenvalue weighted by Crippen LogP contribution is 2.42. The van der Waals surface area contributed by atoms with Crippen molar-refractivity contribution in [2.24, 2.45) is 0 Å². The van der Waals surface area contributed by atoms with Crippen LogP contribution in [0.25, 0.3) is 0 Å². The van der Waals surface area contributed by atoms with Crippen LogP contribution in [-0.4, -0.2) is 22.1 Å². The Kier molecular flexibility index (Phi) is 3.54. The maximum Gasteiger partial charge on any atom is 0.226 e. The average molecular weight is 269 g/mol. The highest BCUT2D eigenvalue weighted by atomic mass is 16.5. The van der Waals surface area contributed by atoms with Gasteiger partial charge in [-0.25, -0.2) is 4.98 Å². The summed E-state index contributed by atoms with van der Waals surface area (Å²) in [7, 11) is 0. The van der Waals surface area contributed by atoms with Crippen LogP contribution in [0.5, 0.6) is 5.88 Å². The lowest BCUT2D eigenvalue weighted by molar-refractivity contribution is 0.232. The van der Waals surface area contributed by atoms with Crippen LogP contribution in [0.1, 0.15) is 31.7 Å². The first-order chi connectivity index (χ1) is 9.72. The molecule has 0 radical (unpaired) electrons. The van der Waals surface area contributed by atoms with Gasteiger partial charge >= 0.3 is 0 Å². The van der Waals surface area contributed by atoms with Crippen LogP contribution in [0.2, 0.25) is 0 Å². The molecule has 0 aliphatic heterocycles. The Morgan fingerprint density at radius 2 is 2.00 bits per heavy atom. The normalized spacial score (nSPS) is 20.8. The molecule has 0 amide bonds. The molecule has 0 bridgehead atoms. The molecule has 1 aromatic carbocycles. The molecule has 104 valence electrons. The van der Waals surface area contributed by atoms with Gasteiger partial charge in [0, 0.05) is 24.2 Å². The van der Waals surface area contributed by atoms with Gasteiger partial charge < -0.3 is 10.1 Å². The van der Waals surface area contributed by atoms with Crippen molar-refractivity contribution in [3.8, 4) is 5.88 Å². The van der Waals surface area contributed by atoms with Crippen LogP contribution in [-0.2, 0) is 0 Å². The molecule has 1 aliphatic carbocycles. The van der Waals surface area contributed by atoms with Gasteiger partial charge in [-0.15, -0.1) is 0 Å². The van der Waals surface area contributed by atoms with E-state index in [1.807, 2.05) is 19.9 Å². The molecule has 4 heteroatoms.